The second kappa shape index (κ2) is 11.5. The van der Waals surface area contributed by atoms with Gasteiger partial charge in [-0.05, 0) is 55.4 Å². The third-order valence-corrected chi connectivity index (χ3v) is 5.49. The summed E-state index contributed by atoms with van der Waals surface area (Å²) in [4.78, 5) is 7.14. The molecular formula is C24H34N4O. The number of rotatable bonds is 8. The van der Waals surface area contributed by atoms with E-state index in [4.69, 9.17) is 4.99 Å². The van der Waals surface area contributed by atoms with E-state index in [0.717, 1.165) is 51.4 Å². The third kappa shape index (κ3) is 6.79. The largest absolute Gasteiger partial charge is 0.396 e. The second-order valence-electron chi connectivity index (χ2n) is 7.64. The molecule has 0 spiro atoms. The summed E-state index contributed by atoms with van der Waals surface area (Å²) in [6.45, 7) is 6.82. The quantitative estimate of drug-likeness (QED) is 0.475. The molecule has 1 aliphatic rings. The highest BCUT2D eigenvalue weighted by Gasteiger charge is 2.18. The summed E-state index contributed by atoms with van der Waals surface area (Å²) in [7, 11) is 0. The number of guanidine groups is 1. The minimum atomic E-state index is 0.318. The lowest BCUT2D eigenvalue weighted by molar-refractivity contribution is 0.203. The van der Waals surface area contributed by atoms with Crippen molar-refractivity contribution in [1.29, 1.82) is 0 Å². The molecule has 29 heavy (non-hydrogen) atoms. The zero-order valence-corrected chi connectivity index (χ0v) is 17.5. The number of aliphatic hydroxyl groups excluding tert-OH is 1. The van der Waals surface area contributed by atoms with Crippen molar-refractivity contribution in [2.45, 2.75) is 32.7 Å². The van der Waals surface area contributed by atoms with Crippen LogP contribution in [0.3, 0.4) is 0 Å². The van der Waals surface area contributed by atoms with Crippen LogP contribution in [-0.4, -0.2) is 43.9 Å². The first-order valence-electron chi connectivity index (χ1n) is 10.8. The maximum absolute atomic E-state index is 9.30. The fourth-order valence-electron chi connectivity index (χ4n) is 3.67. The minimum Gasteiger partial charge on any atom is -0.396 e. The van der Waals surface area contributed by atoms with Gasteiger partial charge in [-0.2, -0.15) is 0 Å². The van der Waals surface area contributed by atoms with Crippen molar-refractivity contribution >= 4 is 11.6 Å². The van der Waals surface area contributed by atoms with E-state index in [1.54, 1.807) is 0 Å². The molecule has 2 aromatic rings. The van der Waals surface area contributed by atoms with Gasteiger partial charge >= 0.3 is 0 Å². The van der Waals surface area contributed by atoms with Crippen LogP contribution in [-0.2, 0) is 13.0 Å². The summed E-state index contributed by atoms with van der Waals surface area (Å²) in [6, 6.07) is 19.2. The second-order valence-corrected chi connectivity index (χ2v) is 7.64. The van der Waals surface area contributed by atoms with Crippen LogP contribution in [0.15, 0.2) is 59.6 Å². The molecule has 1 fully saturated rings. The highest BCUT2D eigenvalue weighted by atomic mass is 16.3. The first kappa shape index (κ1) is 21.2. The number of aliphatic hydroxyl groups is 1. The van der Waals surface area contributed by atoms with Crippen LogP contribution in [0, 0.1) is 5.92 Å². The maximum Gasteiger partial charge on any atom is 0.191 e. The zero-order chi connectivity index (χ0) is 20.3. The normalized spacial score (nSPS) is 15.4. The van der Waals surface area contributed by atoms with E-state index in [1.165, 1.54) is 16.8 Å². The molecular weight excluding hydrogens is 360 g/mol. The monoisotopic (exact) mass is 394 g/mol. The number of benzene rings is 2. The van der Waals surface area contributed by atoms with Gasteiger partial charge in [-0.1, -0.05) is 42.5 Å². The van der Waals surface area contributed by atoms with Crippen molar-refractivity contribution in [3.05, 3.63) is 65.7 Å². The lowest BCUT2D eigenvalue weighted by atomic mass is 9.97. The van der Waals surface area contributed by atoms with E-state index < -0.39 is 0 Å². The van der Waals surface area contributed by atoms with Crippen molar-refractivity contribution < 1.29 is 5.11 Å². The predicted octanol–water partition coefficient (Wildman–Crippen LogP) is 3.19. The molecule has 0 unspecified atom stereocenters. The van der Waals surface area contributed by atoms with Crippen LogP contribution in [0.1, 0.15) is 30.9 Å². The summed E-state index contributed by atoms with van der Waals surface area (Å²) >= 11 is 0. The highest BCUT2D eigenvalue weighted by molar-refractivity contribution is 5.79. The molecule has 156 valence electrons. The van der Waals surface area contributed by atoms with Gasteiger partial charge in [0.15, 0.2) is 5.96 Å². The van der Waals surface area contributed by atoms with Gasteiger partial charge in [-0.15, -0.1) is 0 Å². The third-order valence-electron chi connectivity index (χ3n) is 5.49. The van der Waals surface area contributed by atoms with E-state index in [1.807, 2.05) is 6.07 Å². The number of nitrogens with one attached hydrogen (secondary N) is 2. The molecule has 3 rings (SSSR count). The minimum absolute atomic E-state index is 0.318. The van der Waals surface area contributed by atoms with E-state index in [0.29, 0.717) is 19.1 Å². The molecule has 0 radical (unpaired) electrons. The number of piperidine rings is 1. The standard InChI is InChI=1S/C24H34N4O/c1-2-25-24(26-15-12-20-6-4-3-5-7-20)27-18-21-8-10-23(11-9-21)28-16-13-22(19-29)14-17-28/h3-11,22,29H,2,12-19H2,1H3,(H2,25,26,27). The predicted molar refractivity (Wildman–Crippen MR) is 121 cm³/mol. The van der Waals surface area contributed by atoms with Crippen LogP contribution < -0.4 is 15.5 Å². The summed E-state index contributed by atoms with van der Waals surface area (Å²) in [5, 5.41) is 16.0. The Kier molecular flexibility index (Phi) is 8.38. The van der Waals surface area contributed by atoms with E-state index in [-0.39, 0.29) is 0 Å². The average Bonchev–Trinajstić information content (AvgIpc) is 2.78. The molecule has 0 saturated carbocycles. The first-order chi connectivity index (χ1) is 14.3. The SMILES string of the molecule is CCNC(=NCc1ccc(N2CCC(CO)CC2)cc1)NCCc1ccccc1. The molecule has 2 aromatic carbocycles. The lowest BCUT2D eigenvalue weighted by Crippen LogP contribution is -2.38. The number of nitrogens with zero attached hydrogens (tertiary/aromatic N) is 2. The Morgan fingerprint density at radius 3 is 2.38 bits per heavy atom. The van der Waals surface area contributed by atoms with Crippen molar-refractivity contribution in [3.63, 3.8) is 0 Å². The van der Waals surface area contributed by atoms with Crippen LogP contribution in [0.4, 0.5) is 5.69 Å². The molecule has 0 atom stereocenters. The smallest absolute Gasteiger partial charge is 0.191 e. The van der Waals surface area contributed by atoms with Gasteiger partial charge in [0.2, 0.25) is 0 Å². The maximum atomic E-state index is 9.30. The van der Waals surface area contributed by atoms with Crippen molar-refractivity contribution in [2.24, 2.45) is 10.9 Å². The van der Waals surface area contributed by atoms with Gasteiger partial charge < -0.3 is 20.6 Å². The number of hydrogen-bond donors (Lipinski definition) is 3. The molecule has 0 amide bonds. The molecule has 1 aliphatic heterocycles. The van der Waals surface area contributed by atoms with Crippen molar-refractivity contribution in [3.8, 4) is 0 Å². The Hall–Kier alpha value is -2.53. The fourth-order valence-corrected chi connectivity index (χ4v) is 3.67. The molecule has 1 saturated heterocycles. The van der Waals surface area contributed by atoms with Gasteiger partial charge in [0.25, 0.3) is 0 Å². The Labute approximate surface area is 174 Å². The number of anilines is 1. The van der Waals surface area contributed by atoms with Crippen LogP contribution in [0.2, 0.25) is 0 Å². The van der Waals surface area contributed by atoms with Gasteiger partial charge in [0.05, 0.1) is 6.54 Å². The Bertz CT molecular complexity index is 737. The van der Waals surface area contributed by atoms with Gasteiger partial charge in [0.1, 0.15) is 0 Å². The number of hydrogen-bond acceptors (Lipinski definition) is 3. The Morgan fingerprint density at radius 1 is 1.00 bits per heavy atom. The molecule has 0 bridgehead atoms. The van der Waals surface area contributed by atoms with Gasteiger partial charge in [-0.3, -0.25) is 0 Å². The summed E-state index contributed by atoms with van der Waals surface area (Å²) in [6.07, 6.45) is 3.12. The first-order valence-corrected chi connectivity index (χ1v) is 10.8. The highest BCUT2D eigenvalue weighted by Crippen LogP contribution is 2.23. The summed E-state index contributed by atoms with van der Waals surface area (Å²) < 4.78 is 0. The number of aliphatic imine (C=N–C) groups is 1. The van der Waals surface area contributed by atoms with Crippen LogP contribution in [0.25, 0.3) is 0 Å². The Balaban J connectivity index is 1.49. The molecule has 5 heteroatoms. The fraction of sp³-hybridized carbons (Fsp3) is 0.458. The van der Waals surface area contributed by atoms with E-state index in [9.17, 15) is 5.11 Å². The van der Waals surface area contributed by atoms with Crippen molar-refractivity contribution in [1.82, 2.24) is 10.6 Å². The average molecular weight is 395 g/mol. The summed E-state index contributed by atoms with van der Waals surface area (Å²) in [5.74, 6) is 1.33. The van der Waals surface area contributed by atoms with Crippen LogP contribution in [0.5, 0.6) is 0 Å². The molecule has 0 aliphatic carbocycles. The van der Waals surface area contributed by atoms with E-state index in [2.05, 4.69) is 71.0 Å². The summed E-state index contributed by atoms with van der Waals surface area (Å²) in [5.41, 5.74) is 3.80. The van der Waals surface area contributed by atoms with Gasteiger partial charge in [0, 0.05) is 38.5 Å². The van der Waals surface area contributed by atoms with Crippen molar-refractivity contribution in [2.75, 3.05) is 37.7 Å². The topological polar surface area (TPSA) is 59.9 Å². The molecule has 5 nitrogen and oxygen atoms in total. The molecule has 3 N–H and O–H groups in total. The zero-order valence-electron chi connectivity index (χ0n) is 17.5. The Morgan fingerprint density at radius 2 is 1.72 bits per heavy atom. The molecule has 1 heterocycles. The van der Waals surface area contributed by atoms with E-state index >= 15 is 0 Å². The van der Waals surface area contributed by atoms with Crippen LogP contribution >= 0.6 is 0 Å². The molecule has 0 aromatic heterocycles. The van der Waals surface area contributed by atoms with Gasteiger partial charge in [-0.25, -0.2) is 4.99 Å². The lowest BCUT2D eigenvalue weighted by Gasteiger charge is -2.32.